The minimum Gasteiger partial charge on any atom is -0.353 e. The van der Waals surface area contributed by atoms with Crippen molar-refractivity contribution in [2.45, 2.75) is 83.6 Å². The van der Waals surface area contributed by atoms with Crippen LogP contribution in [0.2, 0.25) is 0 Å². The molecule has 0 bridgehead atoms. The molecule has 4 unspecified atom stereocenters. The van der Waals surface area contributed by atoms with Crippen molar-refractivity contribution >= 4 is 17.5 Å². The van der Waals surface area contributed by atoms with E-state index in [1.165, 1.54) is 0 Å². The van der Waals surface area contributed by atoms with Gasteiger partial charge in [-0.1, -0.05) is 13.8 Å². The van der Waals surface area contributed by atoms with Gasteiger partial charge in [0.2, 0.25) is 11.8 Å². The highest BCUT2D eigenvalue weighted by atomic mass is 19.4. The van der Waals surface area contributed by atoms with Crippen LogP contribution >= 0.6 is 0 Å². The monoisotopic (exact) mass is 530 g/mol. The quantitative estimate of drug-likeness (QED) is 0.413. The maximum Gasteiger partial charge on any atom is 0.418 e. The summed E-state index contributed by atoms with van der Waals surface area (Å²) in [5.74, 6) is -0.170. The summed E-state index contributed by atoms with van der Waals surface area (Å²) < 4.78 is 80.4. The molecule has 10 heteroatoms. The number of alkyl halides is 6. The van der Waals surface area contributed by atoms with Gasteiger partial charge in [0, 0.05) is 18.4 Å². The van der Waals surface area contributed by atoms with E-state index in [2.05, 4.69) is 17.6 Å². The second-order valence-electron chi connectivity index (χ2n) is 12.0. The minimum absolute atomic E-state index is 0.0157. The van der Waals surface area contributed by atoms with Crippen LogP contribution in [0.5, 0.6) is 0 Å². The minimum atomic E-state index is -4.91. The summed E-state index contributed by atoms with van der Waals surface area (Å²) in [5, 5.41) is 5.43. The number of piperidine rings is 1. The molecular weight excluding hydrogens is 498 g/mol. The number of rotatable bonds is 2. The van der Waals surface area contributed by atoms with Crippen molar-refractivity contribution in [3.05, 3.63) is 29.3 Å². The number of amides is 2. The summed E-state index contributed by atoms with van der Waals surface area (Å²) >= 11 is 0. The van der Waals surface area contributed by atoms with Gasteiger partial charge in [0.15, 0.2) is 0 Å². The van der Waals surface area contributed by atoms with Gasteiger partial charge in [0.05, 0.1) is 16.8 Å². The van der Waals surface area contributed by atoms with Crippen LogP contribution < -0.4 is 10.6 Å². The second-order valence-corrected chi connectivity index (χ2v) is 12.0. The van der Waals surface area contributed by atoms with E-state index in [1.54, 1.807) is 0 Å². The fraction of sp³-hybridized carbons (Fsp3) is 0.704. The standard InChI is InChI=1S/C27H32F6N2O2/c1-24-11-9-17-15(4-8-21-25(17,2)12-10-22(36)35-21)16(24)6-7-19(24)23(37)34-20-13-14(26(28,29)30)3-5-18(20)27(31,32)33/h3,5,13,15-17,19,21H,4,6-12H2,1-2H3,(H,34,37)(H,35,36)/t15?,16?,17?,19-,21?,24+,25-/m1/s1. The van der Waals surface area contributed by atoms with Gasteiger partial charge >= 0.3 is 12.4 Å². The molecule has 3 saturated carbocycles. The van der Waals surface area contributed by atoms with Crippen molar-refractivity contribution in [1.82, 2.24) is 5.32 Å². The average molecular weight is 531 g/mol. The number of halogens is 6. The molecule has 4 aliphatic rings. The molecule has 0 radical (unpaired) electrons. The fourth-order valence-electron chi connectivity index (χ4n) is 8.42. The summed E-state index contributed by atoms with van der Waals surface area (Å²) in [5.41, 5.74) is -3.83. The molecule has 3 aliphatic carbocycles. The van der Waals surface area contributed by atoms with Crippen molar-refractivity contribution in [3.8, 4) is 0 Å². The number of carbonyl (C=O) groups excluding carboxylic acids is 2. The third kappa shape index (κ3) is 4.32. The predicted molar refractivity (Wildman–Crippen MR) is 124 cm³/mol. The first-order chi connectivity index (χ1) is 17.1. The zero-order chi connectivity index (χ0) is 27.0. The van der Waals surface area contributed by atoms with E-state index in [0.717, 1.165) is 38.5 Å². The molecule has 4 fully saturated rings. The van der Waals surface area contributed by atoms with Crippen molar-refractivity contribution in [2.24, 2.45) is 34.5 Å². The van der Waals surface area contributed by atoms with Crippen LogP contribution in [0.25, 0.3) is 0 Å². The second kappa shape index (κ2) is 8.63. The van der Waals surface area contributed by atoms with Gasteiger partial charge in [0.25, 0.3) is 0 Å². The van der Waals surface area contributed by atoms with Crippen LogP contribution in [0.3, 0.4) is 0 Å². The molecule has 1 aromatic rings. The first-order valence-corrected chi connectivity index (χ1v) is 13.0. The highest BCUT2D eigenvalue weighted by Gasteiger charge is 2.61. The fourth-order valence-corrected chi connectivity index (χ4v) is 8.42. The Labute approximate surface area is 211 Å². The Bertz CT molecular complexity index is 1100. The Hall–Kier alpha value is -2.26. The Balaban J connectivity index is 1.39. The van der Waals surface area contributed by atoms with E-state index in [4.69, 9.17) is 0 Å². The van der Waals surface area contributed by atoms with Crippen LogP contribution in [0.1, 0.15) is 76.3 Å². The van der Waals surface area contributed by atoms with Crippen LogP contribution in [-0.2, 0) is 21.9 Å². The molecule has 4 nitrogen and oxygen atoms in total. The van der Waals surface area contributed by atoms with E-state index in [1.807, 2.05) is 6.92 Å². The van der Waals surface area contributed by atoms with E-state index in [9.17, 15) is 35.9 Å². The highest BCUT2D eigenvalue weighted by molar-refractivity contribution is 5.94. The lowest BCUT2D eigenvalue weighted by atomic mass is 9.47. The largest absolute Gasteiger partial charge is 0.418 e. The van der Waals surface area contributed by atoms with Crippen molar-refractivity contribution < 1.29 is 35.9 Å². The SMILES string of the molecule is C[C@]12CCC(=O)NC1CCC1C2CC[C@@]2(C)C1CC[C@@H]2C(=O)Nc1cc(C(F)(F)F)ccc1C(F)(F)F. The van der Waals surface area contributed by atoms with Gasteiger partial charge in [0.1, 0.15) is 0 Å². The first kappa shape index (κ1) is 26.4. The molecule has 1 saturated heterocycles. The summed E-state index contributed by atoms with van der Waals surface area (Å²) in [6, 6.07) is 1.29. The first-order valence-electron chi connectivity index (χ1n) is 13.0. The van der Waals surface area contributed by atoms with Crippen LogP contribution in [0.15, 0.2) is 18.2 Å². The maximum atomic E-state index is 13.6. The lowest BCUT2D eigenvalue weighted by Gasteiger charge is -2.60. The van der Waals surface area contributed by atoms with E-state index >= 15 is 0 Å². The van der Waals surface area contributed by atoms with Gasteiger partial charge in [-0.3, -0.25) is 9.59 Å². The molecule has 204 valence electrons. The number of fused-ring (bicyclic) bond motifs is 5. The van der Waals surface area contributed by atoms with E-state index in [0.29, 0.717) is 42.9 Å². The van der Waals surface area contributed by atoms with Crippen molar-refractivity contribution in [1.29, 1.82) is 0 Å². The Morgan fingerprint density at radius 3 is 2.30 bits per heavy atom. The van der Waals surface area contributed by atoms with Gasteiger partial charge in [-0.2, -0.15) is 26.3 Å². The summed E-state index contributed by atoms with van der Waals surface area (Å²) in [6.45, 7) is 4.28. The molecule has 1 aromatic carbocycles. The van der Waals surface area contributed by atoms with Gasteiger partial charge < -0.3 is 10.6 Å². The third-order valence-corrected chi connectivity index (χ3v) is 10.3. The number of nitrogens with one attached hydrogen (secondary N) is 2. The van der Waals surface area contributed by atoms with Crippen LogP contribution in [0.4, 0.5) is 32.0 Å². The maximum absolute atomic E-state index is 13.6. The Morgan fingerprint density at radius 1 is 0.919 bits per heavy atom. The Morgan fingerprint density at radius 2 is 1.62 bits per heavy atom. The molecule has 1 heterocycles. The smallest absolute Gasteiger partial charge is 0.353 e. The molecule has 7 atom stereocenters. The summed E-state index contributed by atoms with van der Waals surface area (Å²) in [7, 11) is 0. The van der Waals surface area contributed by atoms with Crippen molar-refractivity contribution in [2.75, 3.05) is 5.32 Å². The number of benzene rings is 1. The third-order valence-electron chi connectivity index (χ3n) is 10.3. The van der Waals surface area contributed by atoms with Crippen LogP contribution in [0, 0.1) is 34.5 Å². The van der Waals surface area contributed by atoms with Gasteiger partial charge in [-0.15, -0.1) is 0 Å². The summed E-state index contributed by atoms with van der Waals surface area (Å²) in [4.78, 5) is 25.4. The zero-order valence-corrected chi connectivity index (χ0v) is 20.9. The lowest BCUT2D eigenvalue weighted by molar-refractivity contribution is -0.141. The molecule has 5 rings (SSSR count). The molecular formula is C27H32F6N2O2. The van der Waals surface area contributed by atoms with Crippen LogP contribution in [-0.4, -0.2) is 17.9 Å². The number of hydrogen-bond donors (Lipinski definition) is 2. The zero-order valence-electron chi connectivity index (χ0n) is 20.9. The molecule has 1 aliphatic heterocycles. The number of carbonyl (C=O) groups is 2. The predicted octanol–water partition coefficient (Wildman–Crippen LogP) is 6.80. The van der Waals surface area contributed by atoms with E-state index in [-0.39, 0.29) is 23.3 Å². The molecule has 0 spiro atoms. The average Bonchev–Trinajstić information content (AvgIpc) is 3.15. The molecule has 2 amide bonds. The number of anilines is 1. The van der Waals surface area contributed by atoms with E-state index < -0.39 is 46.4 Å². The van der Waals surface area contributed by atoms with Crippen molar-refractivity contribution in [3.63, 3.8) is 0 Å². The molecule has 0 aromatic heterocycles. The molecule has 2 N–H and O–H groups in total. The van der Waals surface area contributed by atoms with Gasteiger partial charge in [-0.25, -0.2) is 0 Å². The normalized spacial score (nSPS) is 37.7. The topological polar surface area (TPSA) is 58.2 Å². The number of hydrogen-bond acceptors (Lipinski definition) is 2. The highest BCUT2D eigenvalue weighted by Crippen LogP contribution is 2.65. The molecule has 37 heavy (non-hydrogen) atoms. The summed E-state index contributed by atoms with van der Waals surface area (Å²) in [6.07, 6.45) is -3.78. The lowest BCUT2D eigenvalue weighted by Crippen LogP contribution is -2.61. The van der Waals surface area contributed by atoms with Gasteiger partial charge in [-0.05, 0) is 91.7 Å². The Kier molecular flexibility index (Phi) is 6.15.